The van der Waals surface area contributed by atoms with Crippen molar-refractivity contribution in [3.8, 4) is 11.8 Å². The number of nitrogens with one attached hydrogen (secondary N) is 1. The standard InChI is InChI=1S/C20H17N3O3S/c1-12(2)23-18(24)17(27-20(23)25)11-13-6-5-7-14(10-13)26-19-21-15-8-3-4-9-16(15)22-19/h3-12H,1-2H3,(H,21,22)/b17-11-. The molecule has 0 saturated carbocycles. The Morgan fingerprint density at radius 2 is 1.96 bits per heavy atom. The molecule has 136 valence electrons. The number of thioether (sulfide) groups is 1. The second-order valence-corrected chi connectivity index (χ2v) is 7.37. The lowest BCUT2D eigenvalue weighted by atomic mass is 10.2. The van der Waals surface area contributed by atoms with Crippen LogP contribution in [0.2, 0.25) is 0 Å². The Morgan fingerprint density at radius 3 is 2.70 bits per heavy atom. The fraction of sp³-hybridized carbons (Fsp3) is 0.150. The Kier molecular flexibility index (Phi) is 4.45. The highest BCUT2D eigenvalue weighted by atomic mass is 32.2. The number of H-pyrrole nitrogens is 1. The highest BCUT2D eigenvalue weighted by molar-refractivity contribution is 8.18. The molecular formula is C20H17N3O3S. The number of para-hydroxylation sites is 2. The molecular weight excluding hydrogens is 362 g/mol. The van der Waals surface area contributed by atoms with Gasteiger partial charge < -0.3 is 9.72 Å². The van der Waals surface area contributed by atoms with Crippen LogP contribution in [0.1, 0.15) is 19.4 Å². The van der Waals surface area contributed by atoms with Crippen molar-refractivity contribution < 1.29 is 14.3 Å². The van der Waals surface area contributed by atoms with Crippen molar-refractivity contribution in [1.82, 2.24) is 14.9 Å². The van der Waals surface area contributed by atoms with E-state index in [0.717, 1.165) is 28.4 Å². The Morgan fingerprint density at radius 1 is 1.15 bits per heavy atom. The van der Waals surface area contributed by atoms with E-state index in [0.29, 0.717) is 16.7 Å². The SMILES string of the molecule is CC(C)N1C(=O)S/C(=C\c2cccc(Oc3nc4ccccc4[nH]3)c2)C1=O. The minimum absolute atomic E-state index is 0.161. The first-order chi connectivity index (χ1) is 13.0. The van der Waals surface area contributed by atoms with Gasteiger partial charge in [0.2, 0.25) is 0 Å². The summed E-state index contributed by atoms with van der Waals surface area (Å²) in [4.78, 5) is 33.6. The highest BCUT2D eigenvalue weighted by Crippen LogP contribution is 2.34. The van der Waals surface area contributed by atoms with Crippen LogP contribution >= 0.6 is 11.8 Å². The first-order valence-electron chi connectivity index (χ1n) is 8.51. The summed E-state index contributed by atoms with van der Waals surface area (Å²) in [6.07, 6.45) is 1.71. The third kappa shape index (κ3) is 3.46. The van der Waals surface area contributed by atoms with Crippen molar-refractivity contribution in [3.63, 3.8) is 0 Å². The lowest BCUT2D eigenvalue weighted by molar-refractivity contribution is -0.123. The van der Waals surface area contributed by atoms with Gasteiger partial charge in [-0.25, -0.2) is 0 Å². The molecule has 0 atom stereocenters. The Bertz CT molecular complexity index is 1040. The van der Waals surface area contributed by atoms with E-state index in [-0.39, 0.29) is 17.2 Å². The van der Waals surface area contributed by atoms with Gasteiger partial charge in [0.1, 0.15) is 5.75 Å². The average Bonchev–Trinajstić information content (AvgIpc) is 3.15. The second kappa shape index (κ2) is 6.92. The number of amides is 2. The molecule has 1 aromatic heterocycles. The summed E-state index contributed by atoms with van der Waals surface area (Å²) in [6, 6.07) is 15.2. The van der Waals surface area contributed by atoms with E-state index in [4.69, 9.17) is 4.74 Å². The monoisotopic (exact) mass is 379 g/mol. The number of ether oxygens (including phenoxy) is 1. The van der Waals surface area contributed by atoms with Crippen molar-refractivity contribution in [2.45, 2.75) is 19.9 Å². The molecule has 2 amide bonds. The minimum atomic E-state index is -0.261. The zero-order valence-corrected chi connectivity index (χ0v) is 15.6. The van der Waals surface area contributed by atoms with Crippen molar-refractivity contribution in [2.24, 2.45) is 0 Å². The predicted octanol–water partition coefficient (Wildman–Crippen LogP) is 4.80. The van der Waals surface area contributed by atoms with Gasteiger partial charge in [-0.05, 0) is 61.5 Å². The molecule has 1 aliphatic heterocycles. The molecule has 7 heteroatoms. The number of fused-ring (bicyclic) bond motifs is 1. The number of nitrogens with zero attached hydrogens (tertiary/aromatic N) is 2. The second-order valence-electron chi connectivity index (χ2n) is 6.38. The van der Waals surface area contributed by atoms with Gasteiger partial charge in [0.05, 0.1) is 15.9 Å². The van der Waals surface area contributed by atoms with E-state index >= 15 is 0 Å². The molecule has 0 bridgehead atoms. The van der Waals surface area contributed by atoms with Crippen LogP contribution in [0.3, 0.4) is 0 Å². The predicted molar refractivity (Wildman–Crippen MR) is 106 cm³/mol. The number of hydrogen-bond acceptors (Lipinski definition) is 5. The van der Waals surface area contributed by atoms with Gasteiger partial charge in [-0.15, -0.1) is 0 Å². The zero-order chi connectivity index (χ0) is 19.0. The van der Waals surface area contributed by atoms with Gasteiger partial charge in [0.25, 0.3) is 17.2 Å². The summed E-state index contributed by atoms with van der Waals surface area (Å²) in [7, 11) is 0. The molecule has 6 nitrogen and oxygen atoms in total. The lowest BCUT2D eigenvalue weighted by Gasteiger charge is -2.16. The number of carbonyl (C=O) groups excluding carboxylic acids is 2. The van der Waals surface area contributed by atoms with E-state index in [1.54, 1.807) is 12.1 Å². The first-order valence-corrected chi connectivity index (χ1v) is 9.32. The molecule has 1 fully saturated rings. The summed E-state index contributed by atoms with van der Waals surface area (Å²) in [5, 5.41) is -0.240. The van der Waals surface area contributed by atoms with Gasteiger partial charge in [-0.3, -0.25) is 14.5 Å². The fourth-order valence-corrected chi connectivity index (χ4v) is 3.79. The van der Waals surface area contributed by atoms with Gasteiger partial charge >= 0.3 is 0 Å². The van der Waals surface area contributed by atoms with Gasteiger partial charge in [-0.1, -0.05) is 24.3 Å². The number of benzene rings is 2. The number of imidazole rings is 1. The van der Waals surface area contributed by atoms with Crippen molar-refractivity contribution in [1.29, 1.82) is 0 Å². The topological polar surface area (TPSA) is 75.3 Å². The van der Waals surface area contributed by atoms with Crippen LogP contribution in [0.5, 0.6) is 11.8 Å². The molecule has 4 rings (SSSR count). The maximum absolute atomic E-state index is 12.4. The number of aromatic nitrogens is 2. The van der Waals surface area contributed by atoms with Crippen LogP contribution in [-0.2, 0) is 4.79 Å². The molecule has 27 heavy (non-hydrogen) atoms. The number of aromatic amines is 1. The molecule has 0 spiro atoms. The molecule has 2 aromatic carbocycles. The van der Waals surface area contributed by atoms with Gasteiger partial charge in [0.15, 0.2) is 0 Å². The summed E-state index contributed by atoms with van der Waals surface area (Å²) < 4.78 is 5.81. The summed E-state index contributed by atoms with van der Waals surface area (Å²) in [5.41, 5.74) is 2.50. The minimum Gasteiger partial charge on any atom is -0.426 e. The summed E-state index contributed by atoms with van der Waals surface area (Å²) in [5.74, 6) is 0.328. The van der Waals surface area contributed by atoms with Crippen molar-refractivity contribution in [3.05, 3.63) is 59.0 Å². The van der Waals surface area contributed by atoms with Crippen LogP contribution in [0, 0.1) is 0 Å². The van der Waals surface area contributed by atoms with Crippen LogP contribution in [0.4, 0.5) is 4.79 Å². The molecule has 1 saturated heterocycles. The van der Waals surface area contributed by atoms with Crippen molar-refractivity contribution >= 4 is 40.0 Å². The van der Waals surface area contributed by atoms with Crippen LogP contribution in [-0.4, -0.2) is 32.1 Å². The van der Waals surface area contributed by atoms with Crippen LogP contribution in [0.15, 0.2) is 53.4 Å². The Hall–Kier alpha value is -3.06. The van der Waals surface area contributed by atoms with E-state index in [1.165, 1.54) is 4.90 Å². The molecule has 0 radical (unpaired) electrons. The molecule has 1 aliphatic rings. The number of imide groups is 1. The fourth-order valence-electron chi connectivity index (χ4n) is 2.83. The van der Waals surface area contributed by atoms with Crippen LogP contribution < -0.4 is 4.74 Å². The zero-order valence-electron chi connectivity index (χ0n) is 14.8. The molecule has 2 heterocycles. The van der Waals surface area contributed by atoms with E-state index < -0.39 is 0 Å². The van der Waals surface area contributed by atoms with Crippen molar-refractivity contribution in [2.75, 3.05) is 0 Å². The lowest BCUT2D eigenvalue weighted by Crippen LogP contribution is -2.34. The third-order valence-electron chi connectivity index (χ3n) is 4.08. The number of rotatable bonds is 4. The Balaban J connectivity index is 1.57. The van der Waals surface area contributed by atoms with Crippen LogP contribution in [0.25, 0.3) is 17.1 Å². The van der Waals surface area contributed by atoms with E-state index in [1.807, 2.05) is 56.3 Å². The third-order valence-corrected chi connectivity index (χ3v) is 4.96. The quantitative estimate of drug-likeness (QED) is 0.659. The maximum Gasteiger partial charge on any atom is 0.300 e. The average molecular weight is 379 g/mol. The summed E-state index contributed by atoms with van der Waals surface area (Å²) >= 11 is 0.957. The van der Waals surface area contributed by atoms with Gasteiger partial charge in [-0.2, -0.15) is 4.98 Å². The molecule has 1 N–H and O–H groups in total. The molecule has 3 aromatic rings. The van der Waals surface area contributed by atoms with Gasteiger partial charge in [0, 0.05) is 6.04 Å². The normalized spacial score (nSPS) is 16.1. The largest absolute Gasteiger partial charge is 0.426 e. The smallest absolute Gasteiger partial charge is 0.300 e. The highest BCUT2D eigenvalue weighted by Gasteiger charge is 2.36. The maximum atomic E-state index is 12.4. The molecule has 0 aliphatic carbocycles. The number of carbonyl (C=O) groups is 2. The summed E-state index contributed by atoms with van der Waals surface area (Å²) in [6.45, 7) is 3.64. The van der Waals surface area contributed by atoms with E-state index in [2.05, 4.69) is 9.97 Å². The first kappa shape index (κ1) is 17.4. The number of hydrogen-bond donors (Lipinski definition) is 1. The molecule has 0 unspecified atom stereocenters. The van der Waals surface area contributed by atoms with E-state index in [9.17, 15) is 9.59 Å². The Labute approximate surface area is 160 Å².